The van der Waals surface area contributed by atoms with E-state index in [4.69, 9.17) is 0 Å². The van der Waals surface area contributed by atoms with Gasteiger partial charge in [-0.25, -0.2) is 0 Å². The fourth-order valence-electron chi connectivity index (χ4n) is 1.29. The van der Waals surface area contributed by atoms with Crippen molar-refractivity contribution >= 4 is 11.9 Å². The van der Waals surface area contributed by atoms with E-state index in [9.17, 15) is 0 Å². The van der Waals surface area contributed by atoms with Crippen LogP contribution in [0.1, 0.15) is 32.1 Å². The summed E-state index contributed by atoms with van der Waals surface area (Å²) >= 11 is 1.67. The molecule has 0 radical (unpaired) electrons. The zero-order valence-electron chi connectivity index (χ0n) is 6.52. The second-order valence-corrected chi connectivity index (χ2v) is 3.33. The fraction of sp³-hybridized carbons (Fsp3) is 0.750. The van der Waals surface area contributed by atoms with Gasteiger partial charge in [-0.05, 0) is 25.7 Å². The molecule has 1 fully saturated rings. The summed E-state index contributed by atoms with van der Waals surface area (Å²) in [6.07, 6.45) is 11.1. The third-order valence-electron chi connectivity index (χ3n) is 1.88. The van der Waals surface area contributed by atoms with Crippen LogP contribution in [0, 0.1) is 0 Å². The molecule has 0 aromatic heterocycles. The van der Waals surface area contributed by atoms with Gasteiger partial charge in [0.15, 0.2) is 0 Å². The zero-order valence-corrected chi connectivity index (χ0v) is 7.34. The Bertz CT molecular complexity index is 112. The van der Waals surface area contributed by atoms with Crippen LogP contribution < -0.4 is 4.72 Å². The largest absolute Gasteiger partial charge is 0.337 e. The maximum Gasteiger partial charge on any atom is 0.00641 e. The van der Waals surface area contributed by atoms with Gasteiger partial charge in [0.2, 0.25) is 0 Å². The van der Waals surface area contributed by atoms with Gasteiger partial charge in [-0.2, -0.15) is 0 Å². The predicted molar refractivity (Wildman–Crippen MR) is 47.8 cm³/mol. The summed E-state index contributed by atoms with van der Waals surface area (Å²) in [7, 11) is 0. The highest BCUT2D eigenvalue weighted by Crippen LogP contribution is 2.21. The highest BCUT2D eigenvalue weighted by molar-refractivity contribution is 7.96. The van der Waals surface area contributed by atoms with E-state index in [2.05, 4.69) is 17.2 Å². The van der Waals surface area contributed by atoms with E-state index >= 15 is 0 Å². The second kappa shape index (κ2) is 4.67. The van der Waals surface area contributed by atoms with E-state index in [-0.39, 0.29) is 0 Å². The average molecular weight is 157 g/mol. The van der Waals surface area contributed by atoms with Crippen LogP contribution in [0.25, 0.3) is 0 Å². The van der Waals surface area contributed by atoms with Crippen molar-refractivity contribution in [1.29, 1.82) is 0 Å². The molecular weight excluding hydrogens is 142 g/mol. The lowest BCUT2D eigenvalue weighted by Gasteiger charge is -2.12. The van der Waals surface area contributed by atoms with Crippen LogP contribution in [-0.2, 0) is 0 Å². The van der Waals surface area contributed by atoms with E-state index in [1.807, 2.05) is 0 Å². The zero-order chi connectivity index (χ0) is 7.23. The van der Waals surface area contributed by atoms with Crippen molar-refractivity contribution in [2.75, 3.05) is 6.26 Å². The molecule has 1 aliphatic carbocycles. The maximum absolute atomic E-state index is 3.17. The van der Waals surface area contributed by atoms with Crippen LogP contribution >= 0.6 is 11.9 Å². The van der Waals surface area contributed by atoms with E-state index in [1.54, 1.807) is 17.5 Å². The van der Waals surface area contributed by atoms with Gasteiger partial charge >= 0.3 is 0 Å². The van der Waals surface area contributed by atoms with Crippen molar-refractivity contribution in [2.45, 2.75) is 32.1 Å². The van der Waals surface area contributed by atoms with Crippen LogP contribution in [0.15, 0.2) is 11.8 Å². The molecule has 0 spiro atoms. The molecule has 0 bridgehead atoms. The summed E-state index contributed by atoms with van der Waals surface area (Å²) in [5.41, 5.74) is 1.60. The van der Waals surface area contributed by atoms with Gasteiger partial charge in [-0.1, -0.05) is 23.9 Å². The first-order valence-electron chi connectivity index (χ1n) is 3.90. The molecule has 0 aromatic rings. The van der Waals surface area contributed by atoms with Gasteiger partial charge in [0.25, 0.3) is 0 Å². The van der Waals surface area contributed by atoms with E-state index in [1.165, 1.54) is 32.1 Å². The van der Waals surface area contributed by atoms with E-state index < -0.39 is 0 Å². The average Bonchev–Trinajstić information content (AvgIpc) is 2.03. The maximum atomic E-state index is 3.17. The summed E-state index contributed by atoms with van der Waals surface area (Å²) < 4.78 is 3.17. The standard InChI is InChI=1S/C8H15NS/c1-10-9-7-8-5-3-2-4-6-8/h7,9H,2-6H2,1H3. The molecule has 2 heteroatoms. The SMILES string of the molecule is CSNC=C1CCCCC1. The molecule has 0 amide bonds. The molecule has 1 aliphatic rings. The van der Waals surface area contributed by atoms with Gasteiger partial charge in [0.05, 0.1) is 0 Å². The quantitative estimate of drug-likeness (QED) is 0.618. The normalized spacial score (nSPS) is 18.7. The lowest BCUT2D eigenvalue weighted by atomic mass is 9.96. The second-order valence-electron chi connectivity index (χ2n) is 2.69. The highest BCUT2D eigenvalue weighted by atomic mass is 32.2. The van der Waals surface area contributed by atoms with Crippen LogP contribution in [0.5, 0.6) is 0 Å². The van der Waals surface area contributed by atoms with Crippen molar-refractivity contribution in [2.24, 2.45) is 0 Å². The van der Waals surface area contributed by atoms with Gasteiger partial charge in [-0.15, -0.1) is 0 Å². The van der Waals surface area contributed by atoms with Gasteiger partial charge in [-0.3, -0.25) is 0 Å². The Labute approximate surface area is 67.4 Å². The van der Waals surface area contributed by atoms with Crippen LogP contribution in [0.4, 0.5) is 0 Å². The molecule has 58 valence electrons. The Morgan fingerprint density at radius 3 is 2.60 bits per heavy atom. The molecule has 0 unspecified atom stereocenters. The minimum absolute atomic E-state index is 1.31. The minimum Gasteiger partial charge on any atom is -0.337 e. The van der Waals surface area contributed by atoms with Crippen molar-refractivity contribution in [3.05, 3.63) is 11.8 Å². The summed E-state index contributed by atoms with van der Waals surface area (Å²) in [5, 5.41) is 0. The van der Waals surface area contributed by atoms with Crippen molar-refractivity contribution < 1.29 is 0 Å². The Balaban J connectivity index is 2.23. The number of nitrogens with one attached hydrogen (secondary N) is 1. The van der Waals surface area contributed by atoms with E-state index in [0.29, 0.717) is 0 Å². The molecule has 1 nitrogen and oxygen atoms in total. The van der Waals surface area contributed by atoms with Gasteiger partial charge in [0.1, 0.15) is 0 Å². The smallest absolute Gasteiger partial charge is 0.00641 e. The van der Waals surface area contributed by atoms with Crippen molar-refractivity contribution in [1.82, 2.24) is 4.72 Å². The summed E-state index contributed by atoms with van der Waals surface area (Å²) in [6.45, 7) is 0. The molecule has 0 aromatic carbocycles. The molecule has 0 heterocycles. The monoisotopic (exact) mass is 157 g/mol. The number of allylic oxidation sites excluding steroid dienone is 1. The van der Waals surface area contributed by atoms with Crippen LogP contribution in [-0.4, -0.2) is 6.26 Å². The molecule has 0 aliphatic heterocycles. The highest BCUT2D eigenvalue weighted by Gasteiger charge is 2.03. The molecule has 1 saturated carbocycles. The Morgan fingerprint density at radius 2 is 2.00 bits per heavy atom. The van der Waals surface area contributed by atoms with Crippen molar-refractivity contribution in [3.8, 4) is 0 Å². The lowest BCUT2D eigenvalue weighted by molar-refractivity contribution is 0.597. The molecule has 10 heavy (non-hydrogen) atoms. The van der Waals surface area contributed by atoms with Crippen LogP contribution in [0.2, 0.25) is 0 Å². The molecule has 1 rings (SSSR count). The molecule has 0 saturated heterocycles. The Kier molecular flexibility index (Phi) is 3.73. The van der Waals surface area contributed by atoms with Crippen molar-refractivity contribution in [3.63, 3.8) is 0 Å². The first kappa shape index (κ1) is 7.99. The molecule has 0 atom stereocenters. The Morgan fingerprint density at radius 1 is 1.30 bits per heavy atom. The predicted octanol–water partition coefficient (Wildman–Crippen LogP) is 2.70. The third-order valence-corrected chi connectivity index (χ3v) is 2.23. The fourth-order valence-corrected chi connectivity index (χ4v) is 1.58. The topological polar surface area (TPSA) is 12.0 Å². The Hall–Kier alpha value is -0.110. The summed E-state index contributed by atoms with van der Waals surface area (Å²) in [5.74, 6) is 0. The number of hydrogen-bond acceptors (Lipinski definition) is 2. The number of hydrogen-bond donors (Lipinski definition) is 1. The summed E-state index contributed by atoms with van der Waals surface area (Å²) in [4.78, 5) is 0. The van der Waals surface area contributed by atoms with Crippen LogP contribution in [0.3, 0.4) is 0 Å². The van der Waals surface area contributed by atoms with Gasteiger partial charge < -0.3 is 4.72 Å². The summed E-state index contributed by atoms with van der Waals surface area (Å²) in [6, 6.07) is 0. The third kappa shape index (κ3) is 2.65. The van der Waals surface area contributed by atoms with Gasteiger partial charge in [0, 0.05) is 12.5 Å². The van der Waals surface area contributed by atoms with E-state index in [0.717, 1.165) is 0 Å². The first-order valence-corrected chi connectivity index (χ1v) is 5.12. The number of rotatable bonds is 2. The minimum atomic E-state index is 1.31. The lowest BCUT2D eigenvalue weighted by Crippen LogP contribution is -1.98. The molecular formula is C8H15NS. The molecule has 1 N–H and O–H groups in total. The first-order chi connectivity index (χ1) is 4.93.